The molecule has 2 saturated heterocycles. The van der Waals surface area contributed by atoms with Crippen LogP contribution in [0.15, 0.2) is 41.2 Å². The van der Waals surface area contributed by atoms with E-state index in [0.717, 1.165) is 70.0 Å². The smallest absolute Gasteiger partial charge is 0.257 e. The van der Waals surface area contributed by atoms with Crippen LogP contribution < -0.4 is 10.7 Å². The normalized spacial score (nSPS) is 18.2. The minimum Gasteiger partial charge on any atom is -0.349 e. The maximum atomic E-state index is 13.3. The van der Waals surface area contributed by atoms with Gasteiger partial charge in [-0.15, -0.1) is 0 Å². The molecule has 3 heterocycles. The Kier molecular flexibility index (Phi) is 8.57. The molecule has 0 atom stereocenters. The molecule has 0 saturated carbocycles. The van der Waals surface area contributed by atoms with E-state index in [2.05, 4.69) is 43.9 Å². The summed E-state index contributed by atoms with van der Waals surface area (Å²) in [6.07, 6.45) is 6.35. The summed E-state index contributed by atoms with van der Waals surface area (Å²) >= 11 is 0. The minimum atomic E-state index is -0.199. The van der Waals surface area contributed by atoms with Crippen molar-refractivity contribution in [2.24, 2.45) is 0 Å². The van der Waals surface area contributed by atoms with Crippen molar-refractivity contribution in [2.75, 3.05) is 32.7 Å². The molecular formula is C28H40N4O2. The average molecular weight is 465 g/mol. The van der Waals surface area contributed by atoms with E-state index in [4.69, 9.17) is 0 Å². The van der Waals surface area contributed by atoms with Crippen molar-refractivity contribution >= 4 is 5.91 Å². The number of benzene rings is 1. The fourth-order valence-electron chi connectivity index (χ4n) is 5.51. The number of aryl methyl sites for hydroxylation is 1. The number of hydrogen-bond donors (Lipinski definition) is 1. The Labute approximate surface area is 204 Å². The van der Waals surface area contributed by atoms with Gasteiger partial charge in [-0.25, -0.2) is 0 Å². The molecule has 6 nitrogen and oxygen atoms in total. The van der Waals surface area contributed by atoms with Crippen LogP contribution in [0.25, 0.3) is 0 Å². The molecule has 0 unspecified atom stereocenters. The summed E-state index contributed by atoms with van der Waals surface area (Å²) in [6, 6.07) is 12.3. The summed E-state index contributed by atoms with van der Waals surface area (Å²) in [4.78, 5) is 31.2. The number of aromatic nitrogens is 1. The molecule has 34 heavy (non-hydrogen) atoms. The number of rotatable bonds is 8. The first-order chi connectivity index (χ1) is 16.5. The van der Waals surface area contributed by atoms with Gasteiger partial charge in [0.1, 0.15) is 5.56 Å². The van der Waals surface area contributed by atoms with Crippen LogP contribution in [0.5, 0.6) is 0 Å². The Balaban J connectivity index is 1.39. The molecule has 1 N–H and O–H groups in total. The number of hydrogen-bond acceptors (Lipinski definition) is 4. The quantitative estimate of drug-likeness (QED) is 0.649. The second-order valence-corrected chi connectivity index (χ2v) is 9.89. The third kappa shape index (κ3) is 6.16. The van der Waals surface area contributed by atoms with Crippen LogP contribution in [0.1, 0.15) is 66.3 Å². The van der Waals surface area contributed by atoms with E-state index >= 15 is 0 Å². The molecule has 2 aliphatic heterocycles. The Morgan fingerprint density at radius 2 is 1.68 bits per heavy atom. The van der Waals surface area contributed by atoms with E-state index in [0.29, 0.717) is 12.0 Å². The standard InChI is InChI=1S/C28H40N4O2/c1-3-25-27(26(33)20-22(2)32(25)19-18-30-14-8-5-9-15-30)28(34)29-24-12-16-31(17-13-24)21-23-10-6-4-7-11-23/h4,6-7,10-11,20,24H,3,5,8-9,12-19,21H2,1-2H3,(H,29,34). The lowest BCUT2D eigenvalue weighted by Gasteiger charge is -2.32. The summed E-state index contributed by atoms with van der Waals surface area (Å²) in [5.74, 6) is -0.199. The number of likely N-dealkylation sites (tertiary alicyclic amines) is 2. The van der Waals surface area contributed by atoms with Gasteiger partial charge in [0.05, 0.1) is 0 Å². The SMILES string of the molecule is CCc1c(C(=O)NC2CCN(Cc3ccccc3)CC2)c(=O)cc(C)n1CCN1CCCCC1. The molecule has 1 amide bonds. The molecule has 1 aromatic heterocycles. The lowest BCUT2D eigenvalue weighted by atomic mass is 10.0. The molecule has 0 aliphatic carbocycles. The van der Waals surface area contributed by atoms with E-state index in [-0.39, 0.29) is 17.4 Å². The van der Waals surface area contributed by atoms with E-state index in [1.807, 2.05) is 19.9 Å². The lowest BCUT2D eigenvalue weighted by Crippen LogP contribution is -2.45. The number of pyridine rings is 1. The molecule has 6 heteroatoms. The molecule has 2 aliphatic rings. The van der Waals surface area contributed by atoms with Crippen molar-refractivity contribution in [3.8, 4) is 0 Å². The minimum absolute atomic E-state index is 0.117. The zero-order valence-electron chi connectivity index (χ0n) is 20.9. The van der Waals surface area contributed by atoms with Gasteiger partial charge in [0.2, 0.25) is 0 Å². The number of nitrogens with zero attached hydrogens (tertiary/aromatic N) is 3. The topological polar surface area (TPSA) is 57.6 Å². The first-order valence-corrected chi connectivity index (χ1v) is 13.1. The van der Waals surface area contributed by atoms with Gasteiger partial charge in [-0.05, 0) is 57.7 Å². The van der Waals surface area contributed by atoms with Crippen LogP contribution in [-0.2, 0) is 19.5 Å². The van der Waals surface area contributed by atoms with Gasteiger partial charge >= 0.3 is 0 Å². The van der Waals surface area contributed by atoms with Gasteiger partial charge in [-0.2, -0.15) is 0 Å². The van der Waals surface area contributed by atoms with Crippen LogP contribution in [0.2, 0.25) is 0 Å². The molecule has 0 spiro atoms. The van der Waals surface area contributed by atoms with E-state index < -0.39 is 0 Å². The van der Waals surface area contributed by atoms with E-state index in [9.17, 15) is 9.59 Å². The average Bonchev–Trinajstić information content (AvgIpc) is 2.85. The first-order valence-electron chi connectivity index (χ1n) is 13.1. The fraction of sp³-hybridized carbons (Fsp3) is 0.571. The second-order valence-electron chi connectivity index (χ2n) is 9.89. The first kappa shape index (κ1) is 24.7. The van der Waals surface area contributed by atoms with Crippen LogP contribution in [0, 0.1) is 6.92 Å². The van der Waals surface area contributed by atoms with Crippen LogP contribution in [0.3, 0.4) is 0 Å². The second kappa shape index (κ2) is 11.8. The van der Waals surface area contributed by atoms with Crippen molar-refractivity contribution in [1.29, 1.82) is 0 Å². The molecule has 184 valence electrons. The highest BCUT2D eigenvalue weighted by Crippen LogP contribution is 2.16. The third-order valence-corrected chi connectivity index (χ3v) is 7.45. The van der Waals surface area contributed by atoms with Gasteiger partial charge < -0.3 is 14.8 Å². The van der Waals surface area contributed by atoms with Gasteiger partial charge in [0.25, 0.3) is 5.91 Å². The van der Waals surface area contributed by atoms with Crippen LogP contribution in [0.4, 0.5) is 0 Å². The van der Waals surface area contributed by atoms with E-state index in [1.165, 1.54) is 24.8 Å². The Bertz CT molecular complexity index is 1000. The fourth-order valence-corrected chi connectivity index (χ4v) is 5.51. The number of piperidine rings is 2. The van der Waals surface area contributed by atoms with Gasteiger partial charge in [-0.1, -0.05) is 43.7 Å². The van der Waals surface area contributed by atoms with E-state index in [1.54, 1.807) is 6.07 Å². The van der Waals surface area contributed by atoms with Crippen molar-refractivity contribution in [3.63, 3.8) is 0 Å². The number of carbonyl (C=O) groups is 1. The largest absolute Gasteiger partial charge is 0.349 e. The highest BCUT2D eigenvalue weighted by atomic mass is 16.2. The molecule has 0 radical (unpaired) electrons. The molecule has 0 bridgehead atoms. The summed E-state index contributed by atoms with van der Waals surface area (Å²) in [5.41, 5.74) is 3.34. The zero-order chi connectivity index (χ0) is 23.9. The predicted octanol–water partition coefficient (Wildman–Crippen LogP) is 3.60. The number of nitrogens with one attached hydrogen (secondary N) is 1. The van der Waals surface area contributed by atoms with Gasteiger partial charge in [0.15, 0.2) is 5.43 Å². The molecular weight excluding hydrogens is 424 g/mol. The maximum Gasteiger partial charge on any atom is 0.257 e. The van der Waals surface area contributed by atoms with Crippen LogP contribution in [-0.4, -0.2) is 59.0 Å². The molecule has 2 fully saturated rings. The Hall–Kier alpha value is -2.44. The highest BCUT2D eigenvalue weighted by molar-refractivity contribution is 5.95. The lowest BCUT2D eigenvalue weighted by molar-refractivity contribution is 0.0905. The Morgan fingerprint density at radius 1 is 0.971 bits per heavy atom. The zero-order valence-corrected chi connectivity index (χ0v) is 20.9. The van der Waals surface area contributed by atoms with Gasteiger partial charge in [0, 0.05) is 56.2 Å². The van der Waals surface area contributed by atoms with Crippen molar-refractivity contribution < 1.29 is 4.79 Å². The molecule has 1 aromatic carbocycles. The van der Waals surface area contributed by atoms with Crippen molar-refractivity contribution in [2.45, 2.75) is 71.5 Å². The van der Waals surface area contributed by atoms with Crippen molar-refractivity contribution in [3.05, 3.63) is 69.1 Å². The summed E-state index contributed by atoms with van der Waals surface area (Å²) in [5, 5.41) is 3.20. The number of amides is 1. The molecule has 4 rings (SSSR count). The van der Waals surface area contributed by atoms with Crippen molar-refractivity contribution in [1.82, 2.24) is 19.7 Å². The summed E-state index contributed by atoms with van der Waals surface area (Å²) in [7, 11) is 0. The summed E-state index contributed by atoms with van der Waals surface area (Å²) < 4.78 is 2.20. The van der Waals surface area contributed by atoms with Gasteiger partial charge in [-0.3, -0.25) is 14.5 Å². The maximum absolute atomic E-state index is 13.3. The number of carbonyl (C=O) groups excluding carboxylic acids is 1. The predicted molar refractivity (Wildman–Crippen MR) is 137 cm³/mol. The molecule has 2 aromatic rings. The highest BCUT2D eigenvalue weighted by Gasteiger charge is 2.25. The summed E-state index contributed by atoms with van der Waals surface area (Å²) in [6.45, 7) is 11.0. The Morgan fingerprint density at radius 3 is 2.35 bits per heavy atom. The van der Waals surface area contributed by atoms with Crippen LogP contribution >= 0.6 is 0 Å². The monoisotopic (exact) mass is 464 g/mol. The third-order valence-electron chi connectivity index (χ3n) is 7.45.